The molecule has 2 aromatic carbocycles. The lowest BCUT2D eigenvalue weighted by Crippen LogP contribution is -2.50. The van der Waals surface area contributed by atoms with E-state index in [2.05, 4.69) is 10.6 Å². The maximum absolute atomic E-state index is 12.5. The summed E-state index contributed by atoms with van der Waals surface area (Å²) in [7, 11) is 0. The van der Waals surface area contributed by atoms with Crippen molar-refractivity contribution in [2.24, 2.45) is 5.73 Å². The van der Waals surface area contributed by atoms with Crippen LogP contribution in [0.15, 0.2) is 60.7 Å². The van der Waals surface area contributed by atoms with E-state index in [0.29, 0.717) is 11.1 Å². The maximum atomic E-state index is 12.5. The number of aliphatic hydroxyl groups is 1. The van der Waals surface area contributed by atoms with Gasteiger partial charge in [-0.1, -0.05) is 48.5 Å². The molecule has 0 aliphatic heterocycles. The van der Waals surface area contributed by atoms with Crippen molar-refractivity contribution in [3.63, 3.8) is 0 Å². The zero-order valence-corrected chi connectivity index (χ0v) is 14.3. The van der Waals surface area contributed by atoms with Crippen molar-refractivity contribution in [1.82, 2.24) is 10.6 Å². The quantitative estimate of drug-likeness (QED) is 0.578. The molecule has 3 amide bonds. The molecular weight excluding hydrogens is 334 g/mol. The predicted molar refractivity (Wildman–Crippen MR) is 95.9 cm³/mol. The second-order valence-corrected chi connectivity index (χ2v) is 5.81. The van der Waals surface area contributed by atoms with Gasteiger partial charge < -0.3 is 21.5 Å². The van der Waals surface area contributed by atoms with Gasteiger partial charge in [0.15, 0.2) is 6.10 Å². The molecule has 7 heteroatoms. The van der Waals surface area contributed by atoms with Gasteiger partial charge in [-0.15, -0.1) is 0 Å². The van der Waals surface area contributed by atoms with Gasteiger partial charge in [0.2, 0.25) is 5.91 Å². The lowest BCUT2D eigenvalue weighted by Gasteiger charge is -2.25. The summed E-state index contributed by atoms with van der Waals surface area (Å²) in [5.74, 6) is -1.97. The number of carbonyl (C=O) groups excluding carboxylic acids is 3. The Morgan fingerprint density at radius 3 is 2.00 bits per heavy atom. The Kier molecular flexibility index (Phi) is 6.46. The summed E-state index contributed by atoms with van der Waals surface area (Å²) in [5.41, 5.74) is 6.07. The molecule has 7 nitrogen and oxygen atoms in total. The fourth-order valence-electron chi connectivity index (χ4n) is 2.34. The van der Waals surface area contributed by atoms with Crippen LogP contribution in [0, 0.1) is 0 Å². The molecule has 26 heavy (non-hydrogen) atoms. The zero-order valence-electron chi connectivity index (χ0n) is 14.3. The van der Waals surface area contributed by atoms with Crippen LogP contribution in [-0.4, -0.2) is 35.0 Å². The SMILES string of the molecule is C[C@H](NC(=O)[C@H](O)[C@@H](NC(=O)c1ccccc1)c1ccccc1)C(N)=O. The lowest BCUT2D eigenvalue weighted by atomic mass is 9.99. The summed E-state index contributed by atoms with van der Waals surface area (Å²) in [5, 5.41) is 15.5. The van der Waals surface area contributed by atoms with Crippen molar-refractivity contribution in [2.75, 3.05) is 0 Å². The Labute approximate surface area is 151 Å². The van der Waals surface area contributed by atoms with Crippen LogP contribution in [0.3, 0.4) is 0 Å². The van der Waals surface area contributed by atoms with Gasteiger partial charge in [0.05, 0.1) is 6.04 Å². The fourth-order valence-corrected chi connectivity index (χ4v) is 2.34. The Morgan fingerprint density at radius 1 is 0.923 bits per heavy atom. The summed E-state index contributed by atoms with van der Waals surface area (Å²) < 4.78 is 0. The van der Waals surface area contributed by atoms with Crippen LogP contribution in [0.2, 0.25) is 0 Å². The first kappa shape index (κ1) is 19.1. The van der Waals surface area contributed by atoms with Crippen molar-refractivity contribution < 1.29 is 19.5 Å². The van der Waals surface area contributed by atoms with Crippen LogP contribution in [-0.2, 0) is 9.59 Å². The standard InChI is InChI=1S/C19H21N3O4/c1-12(17(20)24)21-19(26)16(23)15(13-8-4-2-5-9-13)22-18(25)14-10-6-3-7-11-14/h2-12,15-16,23H,1H3,(H2,20,24)(H,21,26)(H,22,25)/t12-,15-,16+/m0/s1. The topological polar surface area (TPSA) is 122 Å². The van der Waals surface area contributed by atoms with Crippen molar-refractivity contribution in [3.8, 4) is 0 Å². The molecule has 136 valence electrons. The van der Waals surface area contributed by atoms with Crippen LogP contribution < -0.4 is 16.4 Å². The smallest absolute Gasteiger partial charge is 0.251 e. The molecule has 2 aromatic rings. The number of aliphatic hydroxyl groups excluding tert-OH is 1. The molecular formula is C19H21N3O4. The van der Waals surface area contributed by atoms with Crippen molar-refractivity contribution >= 4 is 17.7 Å². The second-order valence-electron chi connectivity index (χ2n) is 5.81. The van der Waals surface area contributed by atoms with E-state index < -0.39 is 35.9 Å². The molecule has 0 radical (unpaired) electrons. The fraction of sp³-hybridized carbons (Fsp3) is 0.211. The first-order valence-electron chi connectivity index (χ1n) is 8.08. The van der Waals surface area contributed by atoms with Gasteiger partial charge in [0.25, 0.3) is 11.8 Å². The number of primary amides is 1. The highest BCUT2D eigenvalue weighted by atomic mass is 16.3. The zero-order chi connectivity index (χ0) is 19.1. The Morgan fingerprint density at radius 2 is 1.46 bits per heavy atom. The van der Waals surface area contributed by atoms with Gasteiger partial charge in [-0.25, -0.2) is 0 Å². The van der Waals surface area contributed by atoms with Gasteiger partial charge in [-0.2, -0.15) is 0 Å². The van der Waals surface area contributed by atoms with Crippen LogP contribution in [0.1, 0.15) is 28.9 Å². The molecule has 0 aliphatic carbocycles. The summed E-state index contributed by atoms with van der Waals surface area (Å²) in [6, 6.07) is 15.1. The molecule has 2 rings (SSSR count). The second kappa shape index (κ2) is 8.77. The van der Waals surface area contributed by atoms with Gasteiger partial charge in [-0.3, -0.25) is 14.4 Å². The molecule has 0 spiro atoms. The third-order valence-electron chi connectivity index (χ3n) is 3.85. The highest BCUT2D eigenvalue weighted by Gasteiger charge is 2.30. The molecule has 3 atom stereocenters. The van der Waals surface area contributed by atoms with Crippen LogP contribution in [0.4, 0.5) is 0 Å². The molecule has 0 bridgehead atoms. The average Bonchev–Trinajstić information content (AvgIpc) is 2.66. The summed E-state index contributed by atoms with van der Waals surface area (Å²) >= 11 is 0. The Hall–Kier alpha value is -3.19. The predicted octanol–water partition coefficient (Wildman–Crippen LogP) is 0.509. The molecule has 0 aliphatic rings. The number of nitrogens with one attached hydrogen (secondary N) is 2. The summed E-state index contributed by atoms with van der Waals surface area (Å²) in [6.07, 6.45) is -1.60. The van der Waals surface area contributed by atoms with Gasteiger partial charge in [0.1, 0.15) is 6.04 Å². The van der Waals surface area contributed by atoms with Crippen LogP contribution in [0.5, 0.6) is 0 Å². The number of amides is 3. The molecule has 0 aromatic heterocycles. The third-order valence-corrected chi connectivity index (χ3v) is 3.85. The van der Waals surface area contributed by atoms with Crippen molar-refractivity contribution in [2.45, 2.75) is 25.1 Å². The number of hydrogen-bond donors (Lipinski definition) is 4. The minimum Gasteiger partial charge on any atom is -0.381 e. The van der Waals surface area contributed by atoms with E-state index in [-0.39, 0.29) is 0 Å². The first-order valence-corrected chi connectivity index (χ1v) is 8.08. The van der Waals surface area contributed by atoms with Crippen molar-refractivity contribution in [1.29, 1.82) is 0 Å². The number of rotatable bonds is 7. The molecule has 0 saturated heterocycles. The van der Waals surface area contributed by atoms with Crippen LogP contribution >= 0.6 is 0 Å². The van der Waals surface area contributed by atoms with E-state index in [9.17, 15) is 19.5 Å². The average molecular weight is 355 g/mol. The number of nitrogens with two attached hydrogens (primary N) is 1. The van der Waals surface area contributed by atoms with E-state index in [0.717, 1.165) is 0 Å². The molecule has 0 unspecified atom stereocenters. The number of carbonyl (C=O) groups is 3. The molecule has 0 fully saturated rings. The molecule has 0 heterocycles. The summed E-state index contributed by atoms with van der Waals surface area (Å²) in [6.45, 7) is 1.41. The lowest BCUT2D eigenvalue weighted by molar-refractivity contribution is -0.134. The number of benzene rings is 2. The van der Waals surface area contributed by atoms with E-state index in [1.807, 2.05) is 0 Å². The highest BCUT2D eigenvalue weighted by molar-refractivity contribution is 5.95. The summed E-state index contributed by atoms with van der Waals surface area (Å²) in [4.78, 5) is 35.8. The van der Waals surface area contributed by atoms with Gasteiger partial charge in [-0.05, 0) is 24.6 Å². The van der Waals surface area contributed by atoms with Crippen molar-refractivity contribution in [3.05, 3.63) is 71.8 Å². The first-order chi connectivity index (χ1) is 12.4. The minimum atomic E-state index is -1.60. The Balaban J connectivity index is 2.22. The monoisotopic (exact) mass is 355 g/mol. The normalized spacial score (nSPS) is 13.9. The Bertz CT molecular complexity index is 765. The van der Waals surface area contributed by atoms with Gasteiger partial charge >= 0.3 is 0 Å². The molecule has 0 saturated carbocycles. The van der Waals surface area contributed by atoms with E-state index >= 15 is 0 Å². The maximum Gasteiger partial charge on any atom is 0.251 e. The van der Waals surface area contributed by atoms with Crippen LogP contribution in [0.25, 0.3) is 0 Å². The molecule has 5 N–H and O–H groups in total. The largest absolute Gasteiger partial charge is 0.381 e. The number of hydrogen-bond acceptors (Lipinski definition) is 4. The van der Waals surface area contributed by atoms with E-state index in [1.54, 1.807) is 60.7 Å². The van der Waals surface area contributed by atoms with E-state index in [1.165, 1.54) is 6.92 Å². The van der Waals surface area contributed by atoms with E-state index in [4.69, 9.17) is 5.73 Å². The minimum absolute atomic E-state index is 0.395. The highest BCUT2D eigenvalue weighted by Crippen LogP contribution is 2.18. The van der Waals surface area contributed by atoms with Gasteiger partial charge in [0, 0.05) is 5.56 Å². The third kappa shape index (κ3) is 4.90.